The first-order chi connectivity index (χ1) is 9.11. The van der Waals surface area contributed by atoms with Gasteiger partial charge in [0.1, 0.15) is 4.88 Å². The van der Waals surface area contributed by atoms with Gasteiger partial charge >= 0.3 is 5.97 Å². The summed E-state index contributed by atoms with van der Waals surface area (Å²) in [5.41, 5.74) is 1.39. The number of hydrogen-bond donors (Lipinski definition) is 1. The molecule has 0 atom stereocenters. The molecule has 1 N–H and O–H groups in total. The molecule has 4 nitrogen and oxygen atoms in total. The molecule has 0 aliphatic carbocycles. The molecule has 0 saturated carbocycles. The Kier molecular flexibility index (Phi) is 4.52. The molecular weight excluding hydrogens is 286 g/mol. The number of methoxy groups -OCH3 is 1. The third-order valence-corrected chi connectivity index (χ3v) is 3.97. The Morgan fingerprint density at radius 2 is 2.21 bits per heavy atom. The Morgan fingerprint density at radius 3 is 2.84 bits per heavy atom. The Labute approximate surface area is 119 Å². The molecule has 2 aromatic rings. The van der Waals surface area contributed by atoms with Crippen molar-refractivity contribution in [1.82, 2.24) is 4.98 Å². The number of halogens is 1. The number of benzene rings is 1. The SMILES string of the molecule is COCc1nc(Cc2ccccc2Cl)sc1C(=O)O. The first-order valence-electron chi connectivity index (χ1n) is 5.56. The van der Waals surface area contributed by atoms with Gasteiger partial charge in [0.2, 0.25) is 0 Å². The van der Waals surface area contributed by atoms with Gasteiger partial charge in [0, 0.05) is 18.6 Å². The lowest BCUT2D eigenvalue weighted by Gasteiger charge is -2.00. The number of aromatic nitrogens is 1. The summed E-state index contributed by atoms with van der Waals surface area (Å²) in [7, 11) is 1.51. The monoisotopic (exact) mass is 297 g/mol. The molecule has 0 amide bonds. The highest BCUT2D eigenvalue weighted by molar-refractivity contribution is 7.13. The van der Waals surface area contributed by atoms with E-state index in [-0.39, 0.29) is 11.5 Å². The van der Waals surface area contributed by atoms with E-state index in [9.17, 15) is 4.79 Å². The van der Waals surface area contributed by atoms with E-state index in [1.54, 1.807) is 6.07 Å². The highest BCUT2D eigenvalue weighted by atomic mass is 35.5. The van der Waals surface area contributed by atoms with E-state index in [0.29, 0.717) is 17.1 Å². The van der Waals surface area contributed by atoms with Gasteiger partial charge in [0.25, 0.3) is 0 Å². The molecule has 0 radical (unpaired) electrons. The molecule has 0 aliphatic rings. The first-order valence-corrected chi connectivity index (χ1v) is 6.75. The Balaban J connectivity index is 2.29. The molecule has 100 valence electrons. The average Bonchev–Trinajstić information content (AvgIpc) is 2.76. The summed E-state index contributed by atoms with van der Waals surface area (Å²) in [4.78, 5) is 15.7. The fraction of sp³-hybridized carbons (Fsp3) is 0.231. The molecule has 6 heteroatoms. The van der Waals surface area contributed by atoms with Gasteiger partial charge < -0.3 is 9.84 Å². The van der Waals surface area contributed by atoms with Crippen LogP contribution in [0, 0.1) is 0 Å². The Hall–Kier alpha value is -1.43. The van der Waals surface area contributed by atoms with Crippen LogP contribution in [0.2, 0.25) is 5.02 Å². The number of carbonyl (C=O) groups is 1. The number of ether oxygens (including phenoxy) is 1. The Bertz CT molecular complexity index is 597. The molecular formula is C13H12ClNO3S. The predicted octanol–water partition coefficient (Wildman–Crippen LogP) is 3.23. The van der Waals surface area contributed by atoms with Crippen molar-refractivity contribution >= 4 is 28.9 Å². The number of thiazole rings is 1. The number of carboxylic acid groups (broad SMARTS) is 1. The summed E-state index contributed by atoms with van der Waals surface area (Å²) in [5.74, 6) is -0.977. The van der Waals surface area contributed by atoms with Crippen LogP contribution in [0.5, 0.6) is 0 Å². The quantitative estimate of drug-likeness (QED) is 0.920. The van der Waals surface area contributed by atoms with Gasteiger partial charge in [0.05, 0.1) is 17.3 Å². The molecule has 0 fully saturated rings. The molecule has 1 heterocycles. The molecule has 1 aromatic heterocycles. The minimum Gasteiger partial charge on any atom is -0.477 e. The van der Waals surface area contributed by atoms with Crippen LogP contribution in [0.1, 0.15) is 25.9 Å². The van der Waals surface area contributed by atoms with Crippen molar-refractivity contribution < 1.29 is 14.6 Å². The first kappa shape index (κ1) is 14.0. The molecule has 0 aliphatic heterocycles. The van der Waals surface area contributed by atoms with Gasteiger partial charge in [-0.15, -0.1) is 11.3 Å². The van der Waals surface area contributed by atoms with E-state index in [2.05, 4.69) is 4.98 Å². The predicted molar refractivity (Wildman–Crippen MR) is 74.0 cm³/mol. The van der Waals surface area contributed by atoms with Crippen LogP contribution >= 0.6 is 22.9 Å². The zero-order chi connectivity index (χ0) is 13.8. The topological polar surface area (TPSA) is 59.4 Å². The van der Waals surface area contributed by atoms with Gasteiger partial charge in [-0.2, -0.15) is 0 Å². The third-order valence-electron chi connectivity index (χ3n) is 2.52. The van der Waals surface area contributed by atoms with Crippen molar-refractivity contribution in [3.8, 4) is 0 Å². The van der Waals surface area contributed by atoms with Crippen LogP contribution in [0.25, 0.3) is 0 Å². The maximum Gasteiger partial charge on any atom is 0.347 e. The van der Waals surface area contributed by atoms with Crippen LogP contribution in [0.3, 0.4) is 0 Å². The molecule has 0 saturated heterocycles. The molecule has 2 rings (SSSR count). The van der Waals surface area contributed by atoms with E-state index in [0.717, 1.165) is 21.9 Å². The molecule has 0 bridgehead atoms. The summed E-state index contributed by atoms with van der Waals surface area (Å²) in [6.07, 6.45) is 0.522. The smallest absolute Gasteiger partial charge is 0.347 e. The molecule has 1 aromatic carbocycles. The maximum absolute atomic E-state index is 11.1. The highest BCUT2D eigenvalue weighted by Gasteiger charge is 2.17. The highest BCUT2D eigenvalue weighted by Crippen LogP contribution is 2.24. The second-order valence-electron chi connectivity index (χ2n) is 3.89. The lowest BCUT2D eigenvalue weighted by molar-refractivity contribution is 0.0697. The summed E-state index contributed by atoms with van der Waals surface area (Å²) < 4.78 is 4.96. The third kappa shape index (κ3) is 3.32. The van der Waals surface area contributed by atoms with Crippen molar-refractivity contribution in [2.75, 3.05) is 7.11 Å². The summed E-state index contributed by atoms with van der Waals surface area (Å²) in [5, 5.41) is 10.5. The Morgan fingerprint density at radius 1 is 1.47 bits per heavy atom. The summed E-state index contributed by atoms with van der Waals surface area (Å²) in [6, 6.07) is 7.45. The van der Waals surface area contributed by atoms with Crippen LogP contribution in [-0.2, 0) is 17.8 Å². The van der Waals surface area contributed by atoms with Crippen molar-refractivity contribution in [1.29, 1.82) is 0 Å². The van der Waals surface area contributed by atoms with Gasteiger partial charge in [-0.25, -0.2) is 9.78 Å². The molecule has 19 heavy (non-hydrogen) atoms. The zero-order valence-corrected chi connectivity index (χ0v) is 11.8. The average molecular weight is 298 g/mol. The number of aromatic carboxylic acids is 1. The lowest BCUT2D eigenvalue weighted by Crippen LogP contribution is -1.99. The van der Waals surface area contributed by atoms with E-state index in [4.69, 9.17) is 21.4 Å². The van der Waals surface area contributed by atoms with Gasteiger partial charge in [0.15, 0.2) is 0 Å². The van der Waals surface area contributed by atoms with Gasteiger partial charge in [-0.05, 0) is 11.6 Å². The largest absolute Gasteiger partial charge is 0.477 e. The minimum absolute atomic E-state index is 0.195. The summed E-state index contributed by atoms with van der Waals surface area (Å²) >= 11 is 7.24. The maximum atomic E-state index is 11.1. The van der Waals surface area contributed by atoms with Crippen molar-refractivity contribution in [3.63, 3.8) is 0 Å². The van der Waals surface area contributed by atoms with Crippen LogP contribution < -0.4 is 0 Å². The van der Waals surface area contributed by atoms with Crippen LogP contribution in [0.15, 0.2) is 24.3 Å². The van der Waals surface area contributed by atoms with E-state index in [1.165, 1.54) is 7.11 Å². The normalized spacial score (nSPS) is 10.6. The fourth-order valence-electron chi connectivity index (χ4n) is 1.68. The number of nitrogens with zero attached hydrogens (tertiary/aromatic N) is 1. The van der Waals surface area contributed by atoms with E-state index >= 15 is 0 Å². The second kappa shape index (κ2) is 6.14. The number of carboxylic acids is 1. The van der Waals surface area contributed by atoms with E-state index < -0.39 is 5.97 Å². The van der Waals surface area contributed by atoms with Crippen LogP contribution in [-0.4, -0.2) is 23.2 Å². The van der Waals surface area contributed by atoms with Crippen LogP contribution in [0.4, 0.5) is 0 Å². The van der Waals surface area contributed by atoms with Crippen molar-refractivity contribution in [2.45, 2.75) is 13.0 Å². The lowest BCUT2D eigenvalue weighted by atomic mass is 10.1. The number of rotatable bonds is 5. The zero-order valence-electron chi connectivity index (χ0n) is 10.2. The second-order valence-corrected chi connectivity index (χ2v) is 5.38. The fourth-order valence-corrected chi connectivity index (χ4v) is 2.81. The minimum atomic E-state index is -0.977. The number of hydrogen-bond acceptors (Lipinski definition) is 4. The van der Waals surface area contributed by atoms with Crippen molar-refractivity contribution in [3.05, 3.63) is 50.4 Å². The molecule has 0 unspecified atom stereocenters. The standard InChI is InChI=1S/C13H12ClNO3S/c1-18-7-10-12(13(16)17)19-11(15-10)6-8-4-2-3-5-9(8)14/h2-5H,6-7H2,1H3,(H,16,17). The van der Waals surface area contributed by atoms with E-state index in [1.807, 2.05) is 18.2 Å². The van der Waals surface area contributed by atoms with Gasteiger partial charge in [-0.3, -0.25) is 0 Å². The molecule has 0 spiro atoms. The summed E-state index contributed by atoms with van der Waals surface area (Å²) in [6.45, 7) is 0.195. The van der Waals surface area contributed by atoms with Crippen molar-refractivity contribution in [2.24, 2.45) is 0 Å². The van der Waals surface area contributed by atoms with Gasteiger partial charge in [-0.1, -0.05) is 29.8 Å².